The molecule has 0 aliphatic heterocycles. The molecule has 1 rings (SSSR count). The van der Waals surface area contributed by atoms with Gasteiger partial charge < -0.3 is 0 Å². The molecular weight excluding hydrogens is 108 g/mol. The van der Waals surface area contributed by atoms with E-state index in [9.17, 15) is 0 Å². The Morgan fingerprint density at radius 1 is 1.11 bits per heavy atom. The minimum Gasteiger partial charge on any atom is -0.0850 e. The topological polar surface area (TPSA) is 0 Å². The largest absolute Gasteiger partial charge is 0.0850 e. The van der Waals surface area contributed by atoms with E-state index in [2.05, 4.69) is 26.0 Å². The van der Waals surface area contributed by atoms with Crippen molar-refractivity contribution in [2.24, 2.45) is 0 Å². The summed E-state index contributed by atoms with van der Waals surface area (Å²) in [5.41, 5.74) is 3.06. The maximum atomic E-state index is 2.34. The van der Waals surface area contributed by atoms with Crippen LogP contribution in [0.15, 0.2) is 23.3 Å². The van der Waals surface area contributed by atoms with Gasteiger partial charge in [0.25, 0.3) is 0 Å². The third kappa shape index (κ3) is 2.05. The van der Waals surface area contributed by atoms with Crippen LogP contribution < -0.4 is 0 Å². The lowest BCUT2D eigenvalue weighted by atomic mass is 10.2. The van der Waals surface area contributed by atoms with E-state index >= 15 is 0 Å². The SMILES string of the molecule is CC1=CCCC(C)=CC1. The molecule has 50 valence electrons. The Kier molecular flexibility index (Phi) is 2.10. The molecule has 0 spiro atoms. The van der Waals surface area contributed by atoms with E-state index in [4.69, 9.17) is 0 Å². The van der Waals surface area contributed by atoms with Crippen molar-refractivity contribution in [1.82, 2.24) is 0 Å². The molecule has 0 atom stereocenters. The van der Waals surface area contributed by atoms with E-state index in [0.29, 0.717) is 0 Å². The van der Waals surface area contributed by atoms with Crippen molar-refractivity contribution in [1.29, 1.82) is 0 Å². The third-order valence-corrected chi connectivity index (χ3v) is 1.80. The molecule has 0 heterocycles. The highest BCUT2D eigenvalue weighted by atomic mass is 14.0. The maximum absolute atomic E-state index is 2.34. The molecule has 0 radical (unpaired) electrons. The Labute approximate surface area is 57.3 Å². The van der Waals surface area contributed by atoms with Crippen molar-refractivity contribution >= 4 is 0 Å². The van der Waals surface area contributed by atoms with Crippen LogP contribution in [-0.4, -0.2) is 0 Å². The first-order chi connectivity index (χ1) is 4.29. The molecule has 0 saturated carbocycles. The molecule has 0 bridgehead atoms. The van der Waals surface area contributed by atoms with Crippen LogP contribution in [0.2, 0.25) is 0 Å². The Hall–Kier alpha value is -0.520. The summed E-state index contributed by atoms with van der Waals surface area (Å²) in [6.45, 7) is 4.42. The fraction of sp³-hybridized carbons (Fsp3) is 0.556. The number of allylic oxidation sites excluding steroid dienone is 4. The molecule has 0 amide bonds. The quantitative estimate of drug-likeness (QED) is 0.433. The zero-order valence-corrected chi connectivity index (χ0v) is 6.28. The summed E-state index contributed by atoms with van der Waals surface area (Å²) in [4.78, 5) is 0. The molecule has 1 aliphatic rings. The molecule has 0 fully saturated rings. The number of rotatable bonds is 0. The van der Waals surface area contributed by atoms with Crippen LogP contribution in [-0.2, 0) is 0 Å². The highest BCUT2D eigenvalue weighted by Crippen LogP contribution is 2.15. The number of hydrogen-bond donors (Lipinski definition) is 0. The molecule has 0 aromatic rings. The van der Waals surface area contributed by atoms with Gasteiger partial charge in [0.15, 0.2) is 0 Å². The van der Waals surface area contributed by atoms with Crippen molar-refractivity contribution in [3.8, 4) is 0 Å². The molecule has 0 aromatic heterocycles. The van der Waals surface area contributed by atoms with Gasteiger partial charge in [0, 0.05) is 0 Å². The van der Waals surface area contributed by atoms with Crippen molar-refractivity contribution in [3.63, 3.8) is 0 Å². The molecule has 0 saturated heterocycles. The van der Waals surface area contributed by atoms with Gasteiger partial charge >= 0.3 is 0 Å². The molecular formula is C9H14. The lowest BCUT2D eigenvalue weighted by Gasteiger charge is -1.90. The number of hydrogen-bond acceptors (Lipinski definition) is 0. The van der Waals surface area contributed by atoms with Crippen molar-refractivity contribution < 1.29 is 0 Å². The average molecular weight is 122 g/mol. The maximum Gasteiger partial charge on any atom is -0.0139 e. The van der Waals surface area contributed by atoms with Gasteiger partial charge in [-0.15, -0.1) is 0 Å². The normalized spacial score (nSPS) is 20.2. The van der Waals surface area contributed by atoms with Gasteiger partial charge in [-0.25, -0.2) is 0 Å². The minimum atomic E-state index is 1.17. The summed E-state index contributed by atoms with van der Waals surface area (Å²) >= 11 is 0. The van der Waals surface area contributed by atoms with Gasteiger partial charge in [0.2, 0.25) is 0 Å². The summed E-state index contributed by atoms with van der Waals surface area (Å²) < 4.78 is 0. The zero-order chi connectivity index (χ0) is 6.69. The van der Waals surface area contributed by atoms with Crippen LogP contribution >= 0.6 is 0 Å². The first-order valence-corrected chi connectivity index (χ1v) is 3.60. The highest BCUT2D eigenvalue weighted by Gasteiger charge is 1.94. The summed E-state index contributed by atoms with van der Waals surface area (Å²) in [6, 6.07) is 0. The van der Waals surface area contributed by atoms with Gasteiger partial charge in [0.05, 0.1) is 0 Å². The third-order valence-electron chi connectivity index (χ3n) is 1.80. The van der Waals surface area contributed by atoms with Crippen LogP contribution in [0.3, 0.4) is 0 Å². The zero-order valence-electron chi connectivity index (χ0n) is 6.28. The molecule has 0 unspecified atom stereocenters. The van der Waals surface area contributed by atoms with E-state index in [1.54, 1.807) is 5.57 Å². The van der Waals surface area contributed by atoms with Crippen molar-refractivity contribution in [2.45, 2.75) is 33.1 Å². The van der Waals surface area contributed by atoms with Crippen molar-refractivity contribution in [2.75, 3.05) is 0 Å². The second-order valence-electron chi connectivity index (χ2n) is 2.84. The van der Waals surface area contributed by atoms with Gasteiger partial charge in [-0.05, 0) is 33.1 Å². The van der Waals surface area contributed by atoms with E-state index in [1.165, 1.54) is 24.8 Å². The van der Waals surface area contributed by atoms with Gasteiger partial charge in [0.1, 0.15) is 0 Å². The fourth-order valence-electron chi connectivity index (χ4n) is 1.07. The van der Waals surface area contributed by atoms with Gasteiger partial charge in [-0.1, -0.05) is 23.3 Å². The lowest BCUT2D eigenvalue weighted by molar-refractivity contribution is 0.982. The first-order valence-electron chi connectivity index (χ1n) is 3.60. The minimum absolute atomic E-state index is 1.17. The standard InChI is InChI=1S/C9H14/c1-8-4-3-5-9(2)7-6-8/h4,7H,3,5-6H2,1-2H3. The van der Waals surface area contributed by atoms with Crippen molar-refractivity contribution in [3.05, 3.63) is 23.3 Å². The fourth-order valence-corrected chi connectivity index (χ4v) is 1.07. The lowest BCUT2D eigenvalue weighted by Crippen LogP contribution is -1.70. The van der Waals surface area contributed by atoms with Crippen LogP contribution in [0.25, 0.3) is 0 Å². The van der Waals surface area contributed by atoms with E-state index in [-0.39, 0.29) is 0 Å². The van der Waals surface area contributed by atoms with Crippen LogP contribution in [0.4, 0.5) is 0 Å². The predicted molar refractivity (Wildman–Crippen MR) is 41.4 cm³/mol. The van der Waals surface area contributed by atoms with Gasteiger partial charge in [-0.3, -0.25) is 0 Å². The molecule has 0 N–H and O–H groups in total. The smallest absolute Gasteiger partial charge is 0.0139 e. The highest BCUT2D eigenvalue weighted by molar-refractivity contribution is 5.13. The Balaban J connectivity index is 2.58. The monoisotopic (exact) mass is 122 g/mol. The molecule has 0 heteroatoms. The molecule has 1 aliphatic carbocycles. The predicted octanol–water partition coefficient (Wildman–Crippen LogP) is 3.06. The Morgan fingerprint density at radius 2 is 1.89 bits per heavy atom. The van der Waals surface area contributed by atoms with E-state index in [1.807, 2.05) is 0 Å². The summed E-state index contributed by atoms with van der Waals surface area (Å²) in [7, 11) is 0. The van der Waals surface area contributed by atoms with Crippen LogP contribution in [0.1, 0.15) is 33.1 Å². The second kappa shape index (κ2) is 2.86. The first kappa shape index (κ1) is 6.60. The summed E-state index contributed by atoms with van der Waals surface area (Å²) in [5.74, 6) is 0. The Bertz CT molecular complexity index is 149. The molecule has 9 heavy (non-hydrogen) atoms. The van der Waals surface area contributed by atoms with E-state index < -0.39 is 0 Å². The van der Waals surface area contributed by atoms with E-state index in [0.717, 1.165) is 0 Å². The summed E-state index contributed by atoms with van der Waals surface area (Å²) in [5, 5.41) is 0. The summed E-state index contributed by atoms with van der Waals surface area (Å²) in [6.07, 6.45) is 8.35. The average Bonchev–Trinajstić information content (AvgIpc) is 1.97. The van der Waals surface area contributed by atoms with Crippen LogP contribution in [0, 0.1) is 0 Å². The van der Waals surface area contributed by atoms with Gasteiger partial charge in [-0.2, -0.15) is 0 Å². The van der Waals surface area contributed by atoms with Crippen LogP contribution in [0.5, 0.6) is 0 Å². The Morgan fingerprint density at radius 3 is 2.67 bits per heavy atom. The molecule has 0 aromatic carbocycles. The second-order valence-corrected chi connectivity index (χ2v) is 2.84. The molecule has 0 nitrogen and oxygen atoms in total.